The standard InChI is InChI=1S/C19H18F2N4O2S/c1-11(18(26)22-13-6-9-15(20)16(21)10-13)28-19-24-23-17(25(19)2)12-4-7-14(27-3)8-5-12/h4-11H,1-3H3,(H,22,26)/t11-/m0/s1. The highest BCUT2D eigenvalue weighted by Crippen LogP contribution is 2.27. The number of benzene rings is 2. The molecule has 2 aromatic carbocycles. The zero-order valence-electron chi connectivity index (χ0n) is 15.4. The maximum Gasteiger partial charge on any atom is 0.237 e. The molecule has 3 aromatic rings. The van der Waals surface area contributed by atoms with Crippen molar-refractivity contribution in [3.8, 4) is 17.1 Å². The number of nitrogens with one attached hydrogen (secondary N) is 1. The Morgan fingerprint density at radius 1 is 1.14 bits per heavy atom. The predicted molar refractivity (Wildman–Crippen MR) is 103 cm³/mol. The van der Waals surface area contributed by atoms with Gasteiger partial charge in [-0.15, -0.1) is 10.2 Å². The van der Waals surface area contributed by atoms with Crippen LogP contribution in [0.25, 0.3) is 11.4 Å². The fourth-order valence-corrected chi connectivity index (χ4v) is 3.25. The molecule has 0 radical (unpaired) electrons. The van der Waals surface area contributed by atoms with E-state index in [4.69, 9.17) is 4.74 Å². The number of halogens is 2. The smallest absolute Gasteiger partial charge is 0.237 e. The van der Waals surface area contributed by atoms with Gasteiger partial charge in [-0.25, -0.2) is 8.78 Å². The van der Waals surface area contributed by atoms with Crippen molar-refractivity contribution in [1.82, 2.24) is 14.8 Å². The van der Waals surface area contributed by atoms with Crippen LogP contribution < -0.4 is 10.1 Å². The largest absolute Gasteiger partial charge is 0.497 e. The Bertz CT molecular complexity index is 992. The van der Waals surface area contributed by atoms with Gasteiger partial charge in [-0.2, -0.15) is 0 Å². The van der Waals surface area contributed by atoms with Crippen LogP contribution in [0.1, 0.15) is 6.92 Å². The molecule has 0 saturated carbocycles. The minimum atomic E-state index is -1.02. The normalized spacial score (nSPS) is 11.9. The van der Waals surface area contributed by atoms with E-state index in [-0.39, 0.29) is 11.6 Å². The van der Waals surface area contributed by atoms with Crippen LogP contribution in [0.2, 0.25) is 0 Å². The molecule has 3 rings (SSSR count). The van der Waals surface area contributed by atoms with Gasteiger partial charge in [0.1, 0.15) is 5.75 Å². The maximum atomic E-state index is 13.3. The van der Waals surface area contributed by atoms with Crippen molar-refractivity contribution in [3.05, 3.63) is 54.1 Å². The summed E-state index contributed by atoms with van der Waals surface area (Å²) < 4.78 is 33.2. The molecule has 1 atom stereocenters. The summed E-state index contributed by atoms with van der Waals surface area (Å²) >= 11 is 1.21. The number of amides is 1. The summed E-state index contributed by atoms with van der Waals surface area (Å²) in [4.78, 5) is 12.4. The van der Waals surface area contributed by atoms with E-state index in [1.54, 1.807) is 18.6 Å². The van der Waals surface area contributed by atoms with E-state index in [1.807, 2.05) is 31.3 Å². The average Bonchev–Trinajstić information content (AvgIpc) is 3.05. The lowest BCUT2D eigenvalue weighted by molar-refractivity contribution is -0.115. The highest BCUT2D eigenvalue weighted by Gasteiger charge is 2.20. The molecule has 1 amide bonds. The quantitative estimate of drug-likeness (QED) is 0.632. The number of hydrogen-bond donors (Lipinski definition) is 1. The Morgan fingerprint density at radius 3 is 2.50 bits per heavy atom. The van der Waals surface area contributed by atoms with Crippen molar-refractivity contribution in [2.75, 3.05) is 12.4 Å². The highest BCUT2D eigenvalue weighted by atomic mass is 32.2. The highest BCUT2D eigenvalue weighted by molar-refractivity contribution is 8.00. The summed E-state index contributed by atoms with van der Waals surface area (Å²) in [5, 5.41) is 10.9. The number of thioether (sulfide) groups is 1. The first-order valence-electron chi connectivity index (χ1n) is 8.35. The van der Waals surface area contributed by atoms with Crippen molar-refractivity contribution in [1.29, 1.82) is 0 Å². The van der Waals surface area contributed by atoms with E-state index in [0.29, 0.717) is 11.0 Å². The van der Waals surface area contributed by atoms with Gasteiger partial charge in [0.15, 0.2) is 22.6 Å². The first-order valence-corrected chi connectivity index (χ1v) is 9.23. The van der Waals surface area contributed by atoms with E-state index in [9.17, 15) is 13.6 Å². The van der Waals surface area contributed by atoms with Gasteiger partial charge >= 0.3 is 0 Å². The van der Waals surface area contributed by atoms with Crippen LogP contribution in [-0.4, -0.2) is 33.0 Å². The van der Waals surface area contributed by atoms with Crippen molar-refractivity contribution in [2.45, 2.75) is 17.3 Å². The predicted octanol–water partition coefficient (Wildman–Crippen LogP) is 3.89. The molecule has 1 heterocycles. The molecule has 0 spiro atoms. The SMILES string of the molecule is COc1ccc(-c2nnc(S[C@@H](C)C(=O)Nc3ccc(F)c(F)c3)n2C)cc1. The Hall–Kier alpha value is -2.94. The summed E-state index contributed by atoms with van der Waals surface area (Å²) in [5.41, 5.74) is 1.05. The molecule has 0 saturated heterocycles. The number of nitrogens with zero attached hydrogens (tertiary/aromatic N) is 3. The van der Waals surface area contributed by atoms with E-state index >= 15 is 0 Å². The van der Waals surface area contributed by atoms with Crippen molar-refractivity contribution in [3.63, 3.8) is 0 Å². The Balaban J connectivity index is 1.69. The molecule has 0 aliphatic carbocycles. The molecule has 0 aliphatic heterocycles. The first kappa shape index (κ1) is 19.8. The molecule has 28 heavy (non-hydrogen) atoms. The van der Waals surface area contributed by atoms with Crippen LogP contribution in [0.5, 0.6) is 5.75 Å². The van der Waals surface area contributed by atoms with E-state index in [1.165, 1.54) is 17.8 Å². The number of rotatable bonds is 6. The number of anilines is 1. The second-order valence-corrected chi connectivity index (χ2v) is 7.28. The fraction of sp³-hybridized carbons (Fsp3) is 0.211. The van der Waals surface area contributed by atoms with Crippen LogP contribution in [0, 0.1) is 11.6 Å². The van der Waals surface area contributed by atoms with Crippen molar-refractivity contribution in [2.24, 2.45) is 7.05 Å². The molecule has 0 aliphatic rings. The third-order valence-electron chi connectivity index (χ3n) is 4.02. The summed E-state index contributed by atoms with van der Waals surface area (Å²) in [7, 11) is 3.40. The third kappa shape index (κ3) is 4.30. The second-order valence-electron chi connectivity index (χ2n) is 5.97. The summed E-state index contributed by atoms with van der Waals surface area (Å²) in [5.74, 6) is -0.951. The molecule has 146 valence electrons. The van der Waals surface area contributed by atoms with Gasteiger partial charge in [0.2, 0.25) is 5.91 Å². The second kappa shape index (κ2) is 8.39. The maximum absolute atomic E-state index is 13.3. The molecule has 1 N–H and O–H groups in total. The van der Waals surface area contributed by atoms with Crippen LogP contribution in [0.4, 0.5) is 14.5 Å². The number of carbonyl (C=O) groups is 1. The topological polar surface area (TPSA) is 69.0 Å². The van der Waals surface area contributed by atoms with E-state index < -0.39 is 16.9 Å². The summed E-state index contributed by atoms with van der Waals surface area (Å²) in [6, 6.07) is 10.6. The molecule has 6 nitrogen and oxygen atoms in total. The average molecular weight is 404 g/mol. The van der Waals surface area contributed by atoms with Crippen molar-refractivity contribution >= 4 is 23.4 Å². The summed E-state index contributed by atoms with van der Waals surface area (Å²) in [6.07, 6.45) is 0. The number of methoxy groups -OCH3 is 1. The molecule has 1 aromatic heterocycles. The number of aromatic nitrogens is 3. The molecule has 0 fully saturated rings. The van der Waals surface area contributed by atoms with Gasteiger partial charge in [0, 0.05) is 24.4 Å². The van der Waals surface area contributed by atoms with Gasteiger partial charge in [0.05, 0.1) is 12.4 Å². The lowest BCUT2D eigenvalue weighted by Crippen LogP contribution is -2.23. The summed E-state index contributed by atoms with van der Waals surface area (Å²) in [6.45, 7) is 1.70. The van der Waals surface area contributed by atoms with Gasteiger partial charge in [0.25, 0.3) is 0 Å². The molecule has 9 heteroatoms. The Morgan fingerprint density at radius 2 is 1.86 bits per heavy atom. The zero-order chi connectivity index (χ0) is 20.3. The lowest BCUT2D eigenvalue weighted by Gasteiger charge is -2.12. The van der Waals surface area contributed by atoms with Crippen LogP contribution in [0.15, 0.2) is 47.6 Å². The number of hydrogen-bond acceptors (Lipinski definition) is 5. The molecule has 0 unspecified atom stereocenters. The lowest BCUT2D eigenvalue weighted by atomic mass is 10.2. The first-order chi connectivity index (χ1) is 13.4. The van der Waals surface area contributed by atoms with Gasteiger partial charge in [-0.3, -0.25) is 4.79 Å². The molecule has 0 bridgehead atoms. The Kier molecular flexibility index (Phi) is 5.93. The van der Waals surface area contributed by atoms with E-state index in [2.05, 4.69) is 15.5 Å². The van der Waals surface area contributed by atoms with Gasteiger partial charge < -0.3 is 14.6 Å². The van der Waals surface area contributed by atoms with Crippen LogP contribution in [-0.2, 0) is 11.8 Å². The Labute approximate surface area is 164 Å². The minimum Gasteiger partial charge on any atom is -0.497 e. The van der Waals surface area contributed by atoms with E-state index in [0.717, 1.165) is 23.4 Å². The van der Waals surface area contributed by atoms with Gasteiger partial charge in [-0.05, 0) is 43.3 Å². The molecular weight excluding hydrogens is 386 g/mol. The molecular formula is C19H18F2N4O2S. The minimum absolute atomic E-state index is 0.188. The van der Waals surface area contributed by atoms with Crippen LogP contribution in [0.3, 0.4) is 0 Å². The number of ether oxygens (including phenoxy) is 1. The van der Waals surface area contributed by atoms with Crippen molar-refractivity contribution < 1.29 is 18.3 Å². The van der Waals surface area contributed by atoms with Crippen LogP contribution >= 0.6 is 11.8 Å². The third-order valence-corrected chi connectivity index (χ3v) is 5.16. The fourth-order valence-electron chi connectivity index (χ4n) is 2.44. The van der Waals surface area contributed by atoms with Gasteiger partial charge in [-0.1, -0.05) is 11.8 Å². The zero-order valence-corrected chi connectivity index (χ0v) is 16.3. The number of carbonyl (C=O) groups excluding carboxylic acids is 1. The monoisotopic (exact) mass is 404 g/mol.